The molecule has 0 radical (unpaired) electrons. The molecule has 2 aromatic rings. The maximum Gasteiger partial charge on any atom is 0.243 e. The summed E-state index contributed by atoms with van der Waals surface area (Å²) in [4.78, 5) is 13.7. The average Bonchev–Trinajstić information content (AvgIpc) is 3.07. The van der Waals surface area contributed by atoms with Crippen LogP contribution in [0.3, 0.4) is 0 Å². The maximum absolute atomic E-state index is 12.3. The first-order valence-corrected chi connectivity index (χ1v) is 9.23. The minimum absolute atomic E-state index is 0.0452. The third-order valence-corrected chi connectivity index (χ3v) is 5.41. The molecule has 1 amide bonds. The monoisotopic (exact) mass is 341 g/mol. The number of aromatic nitrogens is 4. The fourth-order valence-corrected chi connectivity index (χ4v) is 3.48. The number of rotatable bonds is 5. The molecule has 1 heterocycles. The summed E-state index contributed by atoms with van der Waals surface area (Å²) in [7, 11) is 0. The largest absolute Gasteiger partial charge is 0.351 e. The van der Waals surface area contributed by atoms with E-state index < -0.39 is 0 Å². The average molecular weight is 341 g/mol. The minimum atomic E-state index is -0.0452. The van der Waals surface area contributed by atoms with Crippen LogP contribution in [-0.4, -0.2) is 32.2 Å². The highest BCUT2D eigenvalue weighted by atomic mass is 16.2. The summed E-state index contributed by atoms with van der Waals surface area (Å²) in [5, 5.41) is 15.6. The number of aryl methyl sites for hydroxylation is 1. The van der Waals surface area contributed by atoms with E-state index in [1.165, 1.54) is 23.2 Å². The molecular weight excluding hydrogens is 314 g/mol. The van der Waals surface area contributed by atoms with E-state index in [4.69, 9.17) is 0 Å². The van der Waals surface area contributed by atoms with Crippen LogP contribution >= 0.6 is 0 Å². The van der Waals surface area contributed by atoms with Gasteiger partial charge in [-0.15, -0.1) is 10.2 Å². The topological polar surface area (TPSA) is 72.7 Å². The molecule has 1 aromatic heterocycles. The van der Waals surface area contributed by atoms with E-state index in [0.717, 1.165) is 18.4 Å². The number of benzene rings is 1. The van der Waals surface area contributed by atoms with Crippen molar-refractivity contribution >= 4 is 5.91 Å². The zero-order valence-corrected chi connectivity index (χ0v) is 15.3. The second-order valence-electron chi connectivity index (χ2n) is 7.14. The Bertz CT molecular complexity index is 709. The number of nitrogens with zero attached hydrogens (tertiary/aromatic N) is 4. The molecule has 25 heavy (non-hydrogen) atoms. The smallest absolute Gasteiger partial charge is 0.243 e. The fourth-order valence-electron chi connectivity index (χ4n) is 3.48. The zero-order valence-electron chi connectivity index (χ0n) is 15.3. The minimum Gasteiger partial charge on any atom is -0.351 e. The number of carbonyl (C=O) groups is 1. The summed E-state index contributed by atoms with van der Waals surface area (Å²) < 4.78 is 0. The molecule has 134 valence electrons. The van der Waals surface area contributed by atoms with Crippen molar-refractivity contribution in [1.29, 1.82) is 0 Å². The summed E-state index contributed by atoms with van der Waals surface area (Å²) >= 11 is 0. The van der Waals surface area contributed by atoms with Crippen molar-refractivity contribution in [2.75, 3.05) is 0 Å². The van der Waals surface area contributed by atoms with Gasteiger partial charge in [0.05, 0.1) is 0 Å². The number of amides is 1. The highest BCUT2D eigenvalue weighted by molar-refractivity contribution is 5.75. The Balaban J connectivity index is 1.59. The van der Waals surface area contributed by atoms with Crippen LogP contribution in [0.5, 0.6) is 0 Å². The third kappa shape index (κ3) is 4.24. The van der Waals surface area contributed by atoms with Gasteiger partial charge in [-0.05, 0) is 35.5 Å². The van der Waals surface area contributed by atoms with E-state index in [-0.39, 0.29) is 18.5 Å². The Morgan fingerprint density at radius 1 is 1.24 bits per heavy atom. The van der Waals surface area contributed by atoms with Crippen LogP contribution in [0.1, 0.15) is 45.6 Å². The molecule has 0 aliphatic heterocycles. The van der Waals surface area contributed by atoms with Gasteiger partial charge in [-0.3, -0.25) is 4.79 Å². The van der Waals surface area contributed by atoms with Gasteiger partial charge >= 0.3 is 0 Å². The van der Waals surface area contributed by atoms with Gasteiger partial charge < -0.3 is 5.32 Å². The lowest BCUT2D eigenvalue weighted by molar-refractivity contribution is -0.123. The molecule has 0 saturated heterocycles. The van der Waals surface area contributed by atoms with E-state index in [2.05, 4.69) is 53.6 Å². The molecule has 0 spiro atoms. The van der Waals surface area contributed by atoms with Crippen molar-refractivity contribution in [3.05, 3.63) is 29.8 Å². The lowest BCUT2D eigenvalue weighted by atomic mass is 9.78. The lowest BCUT2D eigenvalue weighted by Crippen LogP contribution is -2.45. The van der Waals surface area contributed by atoms with E-state index in [1.54, 1.807) is 0 Å². The van der Waals surface area contributed by atoms with Crippen molar-refractivity contribution in [1.82, 2.24) is 25.5 Å². The Kier molecular flexibility index (Phi) is 5.46. The van der Waals surface area contributed by atoms with Crippen molar-refractivity contribution in [2.24, 2.45) is 11.8 Å². The van der Waals surface area contributed by atoms with Gasteiger partial charge in [0, 0.05) is 11.6 Å². The molecule has 1 N–H and O–H groups in total. The molecule has 3 rings (SSSR count). The second kappa shape index (κ2) is 7.76. The van der Waals surface area contributed by atoms with Crippen LogP contribution < -0.4 is 5.32 Å². The van der Waals surface area contributed by atoms with E-state index in [0.29, 0.717) is 17.7 Å². The van der Waals surface area contributed by atoms with Crippen molar-refractivity contribution < 1.29 is 4.79 Å². The van der Waals surface area contributed by atoms with Crippen LogP contribution in [0.25, 0.3) is 11.4 Å². The highest BCUT2D eigenvalue weighted by Crippen LogP contribution is 2.29. The number of hydrogen-bond acceptors (Lipinski definition) is 4. The molecule has 3 atom stereocenters. The van der Waals surface area contributed by atoms with Gasteiger partial charge in [-0.25, -0.2) is 0 Å². The Morgan fingerprint density at radius 2 is 2.00 bits per heavy atom. The molecular formula is C19H27N5O. The first-order chi connectivity index (χ1) is 12.1. The normalized spacial score (nSPS) is 23.4. The van der Waals surface area contributed by atoms with Gasteiger partial charge in [0.15, 0.2) is 0 Å². The van der Waals surface area contributed by atoms with E-state index in [1.807, 2.05) is 12.1 Å². The van der Waals surface area contributed by atoms with Gasteiger partial charge in [-0.1, -0.05) is 57.9 Å². The van der Waals surface area contributed by atoms with E-state index >= 15 is 0 Å². The second-order valence-corrected chi connectivity index (χ2v) is 7.14. The first-order valence-electron chi connectivity index (χ1n) is 9.23. The predicted octanol–water partition coefficient (Wildman–Crippen LogP) is 2.84. The first kappa shape index (κ1) is 17.6. The molecule has 1 aliphatic carbocycles. The van der Waals surface area contributed by atoms with Gasteiger partial charge in [0.25, 0.3) is 0 Å². The van der Waals surface area contributed by atoms with Crippen molar-refractivity contribution in [2.45, 2.75) is 59.0 Å². The quantitative estimate of drug-likeness (QED) is 0.907. The number of carbonyl (C=O) groups excluding carboxylic acids is 1. The van der Waals surface area contributed by atoms with Crippen molar-refractivity contribution in [3.63, 3.8) is 0 Å². The standard InChI is InChI=1S/C19H27N5O/c1-4-15-8-10-16(11-9-15)19-21-23-24(22-19)12-18(25)20-17-7-5-6-13(2)14(17)3/h8-11,13-14,17H,4-7,12H2,1-3H3,(H,20,25)/t13-,14-,17-/m0/s1. The molecule has 1 fully saturated rings. The highest BCUT2D eigenvalue weighted by Gasteiger charge is 2.28. The Hall–Kier alpha value is -2.24. The van der Waals surface area contributed by atoms with Crippen molar-refractivity contribution in [3.8, 4) is 11.4 Å². The predicted molar refractivity (Wildman–Crippen MR) is 96.7 cm³/mol. The molecule has 1 saturated carbocycles. The number of hydrogen-bond donors (Lipinski definition) is 1. The summed E-state index contributed by atoms with van der Waals surface area (Å²) in [6.45, 7) is 6.71. The third-order valence-electron chi connectivity index (χ3n) is 5.41. The zero-order chi connectivity index (χ0) is 17.8. The van der Waals surface area contributed by atoms with Crippen LogP contribution in [0.2, 0.25) is 0 Å². The Labute approximate surface area is 149 Å². The number of tetrazole rings is 1. The SMILES string of the molecule is CCc1ccc(-c2nnn(CC(=O)N[C@H]3CCC[C@H](C)[C@@H]3C)n2)cc1. The van der Waals surface area contributed by atoms with Gasteiger partial charge in [0.2, 0.25) is 11.7 Å². The molecule has 0 unspecified atom stereocenters. The van der Waals surface area contributed by atoms with Gasteiger partial charge in [-0.2, -0.15) is 4.80 Å². The Morgan fingerprint density at radius 3 is 2.72 bits per heavy atom. The van der Waals surface area contributed by atoms with Crippen LogP contribution in [-0.2, 0) is 17.8 Å². The summed E-state index contributed by atoms with van der Waals surface area (Å²) in [6.07, 6.45) is 4.48. The summed E-state index contributed by atoms with van der Waals surface area (Å²) in [6, 6.07) is 8.36. The van der Waals surface area contributed by atoms with Crippen LogP contribution in [0.4, 0.5) is 0 Å². The molecule has 6 nitrogen and oxygen atoms in total. The molecule has 6 heteroatoms. The van der Waals surface area contributed by atoms with Crippen LogP contribution in [0, 0.1) is 11.8 Å². The molecule has 0 bridgehead atoms. The fraction of sp³-hybridized carbons (Fsp3) is 0.579. The summed E-state index contributed by atoms with van der Waals surface area (Å²) in [5.41, 5.74) is 2.19. The molecule has 1 aliphatic rings. The van der Waals surface area contributed by atoms with Gasteiger partial charge in [0.1, 0.15) is 6.54 Å². The van der Waals surface area contributed by atoms with E-state index in [9.17, 15) is 4.79 Å². The maximum atomic E-state index is 12.3. The lowest BCUT2D eigenvalue weighted by Gasteiger charge is -2.34. The number of nitrogens with one attached hydrogen (secondary N) is 1. The van der Waals surface area contributed by atoms with Crippen LogP contribution in [0.15, 0.2) is 24.3 Å². The summed E-state index contributed by atoms with van der Waals surface area (Å²) in [5.74, 6) is 1.67. The molecule has 1 aromatic carbocycles.